The summed E-state index contributed by atoms with van der Waals surface area (Å²) < 4.78 is 5.80. The predicted octanol–water partition coefficient (Wildman–Crippen LogP) is 2.96. The first-order valence-corrected chi connectivity index (χ1v) is 8.87. The van der Waals surface area contributed by atoms with Crippen molar-refractivity contribution >= 4 is 17.2 Å². The van der Waals surface area contributed by atoms with Gasteiger partial charge in [-0.2, -0.15) is 0 Å². The van der Waals surface area contributed by atoms with Crippen LogP contribution in [-0.4, -0.2) is 61.6 Å². The number of ether oxygens (including phenoxy) is 1. The monoisotopic (exact) mass is 324 g/mol. The van der Waals surface area contributed by atoms with Gasteiger partial charge in [0.15, 0.2) is 0 Å². The van der Waals surface area contributed by atoms with Gasteiger partial charge in [0.2, 0.25) is 0 Å². The molecule has 1 aliphatic heterocycles. The van der Waals surface area contributed by atoms with Crippen molar-refractivity contribution in [2.75, 3.05) is 40.3 Å². The predicted molar refractivity (Wildman–Crippen MR) is 91.5 cm³/mol. The molecule has 124 valence electrons. The number of hydrogen-bond acceptors (Lipinski definition) is 4. The molecule has 0 radical (unpaired) electrons. The zero-order chi connectivity index (χ0) is 16.2. The molecule has 1 saturated heterocycles. The smallest absolute Gasteiger partial charge is 0.263 e. The Morgan fingerprint density at radius 2 is 2.18 bits per heavy atom. The average Bonchev–Trinajstić information content (AvgIpc) is 2.95. The maximum absolute atomic E-state index is 12.7. The Balaban J connectivity index is 2.02. The van der Waals surface area contributed by atoms with Crippen LogP contribution in [-0.2, 0) is 4.74 Å². The Kier molecular flexibility index (Phi) is 6.01. The second kappa shape index (κ2) is 7.57. The molecule has 1 amide bonds. The van der Waals surface area contributed by atoms with Crippen LogP contribution in [0.4, 0.5) is 0 Å². The lowest BCUT2D eigenvalue weighted by atomic mass is 9.88. The Morgan fingerprint density at radius 3 is 2.77 bits per heavy atom. The molecule has 0 unspecified atom stereocenters. The van der Waals surface area contributed by atoms with Crippen molar-refractivity contribution in [3.63, 3.8) is 0 Å². The van der Waals surface area contributed by atoms with E-state index < -0.39 is 0 Å². The van der Waals surface area contributed by atoms with Crippen molar-refractivity contribution in [2.45, 2.75) is 32.3 Å². The Bertz CT molecular complexity index is 471. The van der Waals surface area contributed by atoms with Crippen LogP contribution in [0.25, 0.3) is 0 Å². The average molecular weight is 324 g/mol. The van der Waals surface area contributed by atoms with Gasteiger partial charge in [0.1, 0.15) is 0 Å². The summed E-state index contributed by atoms with van der Waals surface area (Å²) in [6, 6.07) is 3.86. The van der Waals surface area contributed by atoms with Crippen molar-refractivity contribution < 1.29 is 9.53 Å². The number of thiophene rings is 1. The zero-order valence-electron chi connectivity index (χ0n) is 14.2. The Morgan fingerprint density at radius 1 is 1.41 bits per heavy atom. The quantitative estimate of drug-likeness (QED) is 0.806. The number of carbonyl (C=O) groups excluding carboxylic acids is 1. The highest BCUT2D eigenvalue weighted by molar-refractivity contribution is 7.12. The van der Waals surface area contributed by atoms with E-state index in [1.807, 2.05) is 36.5 Å². The Labute approximate surface area is 138 Å². The summed E-state index contributed by atoms with van der Waals surface area (Å²) >= 11 is 1.53. The highest BCUT2D eigenvalue weighted by Gasteiger charge is 2.31. The molecule has 0 saturated carbocycles. The van der Waals surface area contributed by atoms with E-state index in [0.717, 1.165) is 44.0 Å². The van der Waals surface area contributed by atoms with E-state index in [2.05, 4.69) is 18.7 Å². The maximum Gasteiger partial charge on any atom is 0.263 e. The molecule has 0 aliphatic carbocycles. The van der Waals surface area contributed by atoms with Crippen LogP contribution < -0.4 is 0 Å². The molecule has 4 nitrogen and oxygen atoms in total. The molecule has 1 aromatic rings. The van der Waals surface area contributed by atoms with Crippen LogP contribution in [0.3, 0.4) is 0 Å². The maximum atomic E-state index is 12.7. The molecule has 0 spiro atoms. The van der Waals surface area contributed by atoms with Crippen LogP contribution in [0.1, 0.15) is 36.4 Å². The first-order chi connectivity index (χ1) is 10.4. The minimum Gasteiger partial charge on any atom is -0.376 e. The summed E-state index contributed by atoms with van der Waals surface area (Å²) in [5.74, 6) is 0.691. The van der Waals surface area contributed by atoms with Crippen molar-refractivity contribution in [1.29, 1.82) is 0 Å². The zero-order valence-corrected chi connectivity index (χ0v) is 15.0. The van der Waals surface area contributed by atoms with Gasteiger partial charge in [-0.1, -0.05) is 6.07 Å². The van der Waals surface area contributed by atoms with Gasteiger partial charge >= 0.3 is 0 Å². The van der Waals surface area contributed by atoms with Crippen molar-refractivity contribution in [1.82, 2.24) is 9.80 Å². The molecular weight excluding hydrogens is 296 g/mol. The molecule has 1 aromatic heterocycles. The van der Waals surface area contributed by atoms with Gasteiger partial charge in [-0.3, -0.25) is 4.79 Å². The lowest BCUT2D eigenvalue weighted by Crippen LogP contribution is -2.43. The van der Waals surface area contributed by atoms with E-state index in [-0.39, 0.29) is 11.5 Å². The molecule has 1 fully saturated rings. The van der Waals surface area contributed by atoms with Gasteiger partial charge in [0.05, 0.1) is 10.5 Å². The molecule has 0 aromatic carbocycles. The molecule has 22 heavy (non-hydrogen) atoms. The minimum atomic E-state index is -0.0673. The normalized spacial score (nSPS) is 21.0. The highest BCUT2D eigenvalue weighted by Crippen LogP contribution is 2.29. The summed E-state index contributed by atoms with van der Waals surface area (Å²) in [5.41, 5.74) is -0.0673. The molecule has 1 aliphatic rings. The molecule has 0 N–H and O–H groups in total. The number of amides is 1. The number of carbonyl (C=O) groups is 1. The lowest BCUT2D eigenvalue weighted by molar-refractivity contribution is -0.0757. The molecule has 5 heteroatoms. The van der Waals surface area contributed by atoms with Crippen LogP contribution >= 0.6 is 11.3 Å². The van der Waals surface area contributed by atoms with Crippen molar-refractivity contribution in [2.24, 2.45) is 5.92 Å². The number of hydrogen-bond donors (Lipinski definition) is 0. The fourth-order valence-electron chi connectivity index (χ4n) is 2.98. The summed E-state index contributed by atoms with van der Waals surface area (Å²) in [6.45, 7) is 7.59. The van der Waals surface area contributed by atoms with E-state index in [1.165, 1.54) is 11.3 Å². The van der Waals surface area contributed by atoms with Gasteiger partial charge in [0, 0.05) is 26.2 Å². The summed E-state index contributed by atoms with van der Waals surface area (Å²) in [5, 5.41) is 1.97. The van der Waals surface area contributed by atoms with Crippen LogP contribution in [0, 0.1) is 5.92 Å². The number of likely N-dealkylation sites (N-methyl/N-ethyl adjacent to an activating group) is 1. The van der Waals surface area contributed by atoms with Crippen LogP contribution in [0.15, 0.2) is 17.5 Å². The molecular formula is C17H28N2O2S. The summed E-state index contributed by atoms with van der Waals surface area (Å²) in [4.78, 5) is 17.7. The van der Waals surface area contributed by atoms with Crippen LogP contribution in [0.2, 0.25) is 0 Å². The van der Waals surface area contributed by atoms with Crippen molar-refractivity contribution in [3.8, 4) is 0 Å². The minimum absolute atomic E-state index is 0.0673. The first-order valence-electron chi connectivity index (χ1n) is 7.99. The first kappa shape index (κ1) is 17.4. The molecule has 0 bridgehead atoms. The van der Waals surface area contributed by atoms with Gasteiger partial charge in [-0.05, 0) is 58.1 Å². The summed E-state index contributed by atoms with van der Waals surface area (Å²) in [7, 11) is 4.09. The third-order valence-corrected chi connectivity index (χ3v) is 4.97. The van der Waals surface area contributed by atoms with Crippen molar-refractivity contribution in [3.05, 3.63) is 22.4 Å². The third-order valence-electron chi connectivity index (χ3n) is 4.11. The SMILES string of the molecule is CN(C)CCN(C[C@@H]1CCOC(C)(C)C1)C(=O)c1cccs1. The van der Waals surface area contributed by atoms with E-state index in [9.17, 15) is 4.79 Å². The van der Waals surface area contributed by atoms with E-state index in [1.54, 1.807) is 0 Å². The lowest BCUT2D eigenvalue weighted by Gasteiger charge is -2.38. The van der Waals surface area contributed by atoms with Crippen LogP contribution in [0.5, 0.6) is 0 Å². The second-order valence-corrected chi connectivity index (χ2v) is 7.95. The third kappa shape index (κ3) is 5.07. The van der Waals surface area contributed by atoms with Gasteiger partial charge in [-0.15, -0.1) is 11.3 Å². The fourth-order valence-corrected chi connectivity index (χ4v) is 3.67. The standard InChI is InChI=1S/C17H28N2O2S/c1-17(2)12-14(7-10-21-17)13-19(9-8-18(3)4)16(20)15-6-5-11-22-15/h5-6,11,14H,7-10,12-13H2,1-4H3/t14-/m1/s1. The number of nitrogens with zero attached hydrogens (tertiary/aromatic N) is 2. The number of rotatable bonds is 6. The molecule has 2 heterocycles. The van der Waals surface area contributed by atoms with Gasteiger partial charge in [-0.25, -0.2) is 0 Å². The van der Waals surface area contributed by atoms with Gasteiger partial charge in [0.25, 0.3) is 5.91 Å². The molecule has 2 rings (SSSR count). The van der Waals surface area contributed by atoms with Gasteiger partial charge < -0.3 is 14.5 Å². The van der Waals surface area contributed by atoms with E-state index in [0.29, 0.717) is 5.92 Å². The highest BCUT2D eigenvalue weighted by atomic mass is 32.1. The van der Waals surface area contributed by atoms with E-state index >= 15 is 0 Å². The topological polar surface area (TPSA) is 32.8 Å². The second-order valence-electron chi connectivity index (χ2n) is 7.00. The Hall–Kier alpha value is -0.910. The largest absolute Gasteiger partial charge is 0.376 e. The fraction of sp³-hybridized carbons (Fsp3) is 0.706. The van der Waals surface area contributed by atoms with E-state index in [4.69, 9.17) is 4.74 Å². The molecule has 1 atom stereocenters. The summed E-state index contributed by atoms with van der Waals surface area (Å²) in [6.07, 6.45) is 2.06.